The molecule has 71 heavy (non-hydrogen) atoms. The second-order valence-corrected chi connectivity index (χ2v) is 16.1. The largest absolute Gasteiger partial charge is 0.265 e. The van der Waals surface area contributed by atoms with E-state index in [4.69, 9.17) is 0 Å². The molecular weight excluding hydrogens is 865 g/mol. The Hall–Kier alpha value is -9.00. The third-order valence-electron chi connectivity index (χ3n) is 10.5. The topological polar surface area (TPSA) is 77.3 Å². The fraction of sp³-hybridized carbons (Fsp3) is 0.0769. The van der Waals surface area contributed by atoms with Gasteiger partial charge in [0.1, 0.15) is 0 Å². The second-order valence-electron chi connectivity index (χ2n) is 16.1. The predicted molar refractivity (Wildman–Crippen MR) is 292 cm³/mol. The zero-order valence-electron chi connectivity index (χ0n) is 40.1. The minimum absolute atomic E-state index is 0.904. The minimum Gasteiger partial charge on any atom is -0.265 e. The summed E-state index contributed by atoms with van der Waals surface area (Å²) in [5.41, 5.74) is 13.0. The average Bonchev–Trinajstić information content (AvgIpc) is 3.45. The van der Waals surface area contributed by atoms with Crippen molar-refractivity contribution in [3.05, 3.63) is 361 Å². The van der Waals surface area contributed by atoms with Crippen molar-refractivity contribution in [1.29, 1.82) is 0 Å². The van der Waals surface area contributed by atoms with Crippen LogP contribution in [0.25, 0.3) is 0 Å². The standard InChI is InChI=1S/C13H12.2C12H11N.2C11H10N2.C6H6/c1-3-7-12(8-4-1)11-13-9-5-2-6-10-13;1-2-5-11(6-3-1)9-12-7-4-8-13-10-12;1-2-4-11(5-3-1)10-12-6-8-13-9-7-12;1-5-12-6-2-10(1)9-11-3-7-13-8-4-11;1-3-10(8-12-5-1)7-11-4-2-6-13-9-11;1-2-4-6-5-3-1/h1-10H,11H2;1-8,10H,9H2;1-9H,10H2;1-8H,9H2;1-6,8-9H,7H2;1-6H. The number of hydrogen-bond donors (Lipinski definition) is 0. The van der Waals surface area contributed by atoms with Crippen molar-refractivity contribution in [2.24, 2.45) is 0 Å². The Morgan fingerprint density at radius 3 is 0.563 bits per heavy atom. The number of nitrogens with zero attached hydrogens (tertiary/aromatic N) is 6. The number of rotatable bonds is 10. The molecule has 6 nitrogen and oxygen atoms in total. The number of hydrogen-bond acceptors (Lipinski definition) is 6. The van der Waals surface area contributed by atoms with E-state index in [0.717, 1.165) is 32.1 Å². The molecule has 6 heterocycles. The van der Waals surface area contributed by atoms with Gasteiger partial charge < -0.3 is 0 Å². The summed E-state index contributed by atoms with van der Waals surface area (Å²) < 4.78 is 0. The van der Waals surface area contributed by atoms with Gasteiger partial charge in [-0.3, -0.25) is 29.9 Å². The lowest BCUT2D eigenvalue weighted by Crippen LogP contribution is -1.88. The fourth-order valence-corrected chi connectivity index (χ4v) is 6.96. The van der Waals surface area contributed by atoms with Gasteiger partial charge in [-0.05, 0) is 136 Å². The van der Waals surface area contributed by atoms with Crippen LogP contribution in [0.3, 0.4) is 0 Å². The molecule has 0 N–H and O–H groups in total. The first-order valence-corrected chi connectivity index (χ1v) is 23.7. The van der Waals surface area contributed by atoms with Crippen LogP contribution in [0.2, 0.25) is 0 Å². The van der Waals surface area contributed by atoms with Gasteiger partial charge in [0, 0.05) is 80.8 Å². The molecule has 6 aromatic heterocycles. The zero-order valence-corrected chi connectivity index (χ0v) is 40.1. The molecular formula is C65H60N6. The molecule has 0 unspecified atom stereocenters. The maximum absolute atomic E-state index is 4.08. The molecule has 0 radical (unpaired) electrons. The Morgan fingerprint density at radius 1 is 0.155 bits per heavy atom. The molecule has 5 aromatic carbocycles. The Labute approximate surface area is 420 Å². The lowest BCUT2D eigenvalue weighted by Gasteiger charge is -2.00. The number of aromatic nitrogens is 6. The van der Waals surface area contributed by atoms with Crippen LogP contribution in [-0.2, 0) is 32.1 Å². The van der Waals surface area contributed by atoms with Crippen molar-refractivity contribution in [3.8, 4) is 0 Å². The fourth-order valence-electron chi connectivity index (χ4n) is 6.96. The van der Waals surface area contributed by atoms with E-state index in [1.54, 1.807) is 18.6 Å². The maximum Gasteiger partial charge on any atom is 0.0303 e. The van der Waals surface area contributed by atoms with Crippen molar-refractivity contribution in [2.75, 3.05) is 0 Å². The van der Waals surface area contributed by atoms with Crippen LogP contribution in [0.1, 0.15) is 55.6 Å². The van der Waals surface area contributed by atoms with Gasteiger partial charge in [0.25, 0.3) is 0 Å². The minimum atomic E-state index is 0.904. The normalized spacial score (nSPS) is 9.69. The van der Waals surface area contributed by atoms with Crippen molar-refractivity contribution in [1.82, 2.24) is 29.9 Å². The van der Waals surface area contributed by atoms with Gasteiger partial charge in [-0.2, -0.15) is 0 Å². The van der Waals surface area contributed by atoms with Gasteiger partial charge in [-0.25, -0.2) is 0 Å². The maximum atomic E-state index is 4.08. The first-order valence-electron chi connectivity index (χ1n) is 23.7. The van der Waals surface area contributed by atoms with Gasteiger partial charge in [-0.1, -0.05) is 176 Å². The third kappa shape index (κ3) is 22.6. The Balaban J connectivity index is 0.000000141. The lowest BCUT2D eigenvalue weighted by molar-refractivity contribution is 1.12. The van der Waals surface area contributed by atoms with E-state index in [2.05, 4.69) is 157 Å². The summed E-state index contributed by atoms with van der Waals surface area (Å²) in [4.78, 5) is 24.1. The van der Waals surface area contributed by atoms with E-state index in [1.165, 1.54) is 55.6 Å². The van der Waals surface area contributed by atoms with Crippen molar-refractivity contribution in [3.63, 3.8) is 0 Å². The van der Waals surface area contributed by atoms with E-state index in [1.807, 2.05) is 159 Å². The van der Waals surface area contributed by atoms with Crippen LogP contribution in [0, 0.1) is 0 Å². The Morgan fingerprint density at radius 2 is 0.338 bits per heavy atom. The highest BCUT2D eigenvalue weighted by Crippen LogP contribution is 2.11. The number of benzene rings is 5. The molecule has 6 heteroatoms. The van der Waals surface area contributed by atoms with Crippen LogP contribution < -0.4 is 0 Å². The van der Waals surface area contributed by atoms with Crippen molar-refractivity contribution in [2.45, 2.75) is 32.1 Å². The monoisotopic (exact) mass is 924 g/mol. The smallest absolute Gasteiger partial charge is 0.0303 e. The average molecular weight is 925 g/mol. The molecule has 11 aromatic rings. The van der Waals surface area contributed by atoms with Crippen LogP contribution in [0.15, 0.2) is 305 Å². The highest BCUT2D eigenvalue weighted by atomic mass is 14.6. The molecule has 0 bridgehead atoms. The summed E-state index contributed by atoms with van der Waals surface area (Å²) in [5, 5.41) is 0. The van der Waals surface area contributed by atoms with E-state index in [0.29, 0.717) is 0 Å². The zero-order chi connectivity index (χ0) is 48.9. The van der Waals surface area contributed by atoms with Gasteiger partial charge >= 0.3 is 0 Å². The first-order chi connectivity index (χ1) is 35.2. The molecule has 350 valence electrons. The molecule has 0 aliphatic carbocycles. The van der Waals surface area contributed by atoms with Gasteiger partial charge in [0.05, 0.1) is 0 Å². The van der Waals surface area contributed by atoms with Crippen LogP contribution in [-0.4, -0.2) is 29.9 Å². The highest BCUT2D eigenvalue weighted by Gasteiger charge is 1.97. The molecule has 0 saturated heterocycles. The van der Waals surface area contributed by atoms with Crippen LogP contribution >= 0.6 is 0 Å². The SMILES string of the molecule is c1cc(Cc2ccncc2)ccn1.c1ccc(Cc2ccccc2)cc1.c1ccc(Cc2cccnc2)cc1.c1ccc(Cc2ccncc2)cc1.c1ccccc1.c1cncc(Cc2cccnc2)c1. The lowest BCUT2D eigenvalue weighted by atomic mass is 10.1. The first kappa shape index (κ1) is 51.4. The molecule has 0 fully saturated rings. The van der Waals surface area contributed by atoms with E-state index in [9.17, 15) is 0 Å². The van der Waals surface area contributed by atoms with Gasteiger partial charge in [0.15, 0.2) is 0 Å². The molecule has 0 atom stereocenters. The summed E-state index contributed by atoms with van der Waals surface area (Å²) in [5.74, 6) is 0. The van der Waals surface area contributed by atoms with E-state index < -0.39 is 0 Å². The summed E-state index contributed by atoms with van der Waals surface area (Å²) in [7, 11) is 0. The van der Waals surface area contributed by atoms with Crippen LogP contribution in [0.5, 0.6) is 0 Å². The van der Waals surface area contributed by atoms with Crippen molar-refractivity contribution < 1.29 is 0 Å². The van der Waals surface area contributed by atoms with E-state index in [-0.39, 0.29) is 0 Å². The molecule has 0 spiro atoms. The Bertz CT molecular complexity index is 2260. The molecule has 0 amide bonds. The van der Waals surface area contributed by atoms with Crippen LogP contribution in [0.4, 0.5) is 0 Å². The van der Waals surface area contributed by atoms with Gasteiger partial charge in [-0.15, -0.1) is 0 Å². The summed E-state index contributed by atoms with van der Waals surface area (Å²) in [6.45, 7) is 0. The summed E-state index contributed by atoms with van der Waals surface area (Å²) >= 11 is 0. The van der Waals surface area contributed by atoms with Crippen molar-refractivity contribution >= 4 is 0 Å². The molecule has 0 saturated carbocycles. The van der Waals surface area contributed by atoms with E-state index >= 15 is 0 Å². The number of pyridine rings is 6. The molecule has 0 aliphatic rings. The van der Waals surface area contributed by atoms with Gasteiger partial charge in [0.2, 0.25) is 0 Å². The quantitative estimate of drug-likeness (QED) is 0.136. The summed E-state index contributed by atoms with van der Waals surface area (Å²) in [6, 6.07) is 78.3. The molecule has 0 aliphatic heterocycles. The second kappa shape index (κ2) is 32.7. The summed E-state index contributed by atoms with van der Waals surface area (Å²) in [6.07, 6.45) is 26.8. The predicted octanol–water partition coefficient (Wildman–Crippen LogP) is 14.4. The third-order valence-corrected chi connectivity index (χ3v) is 10.5. The molecule has 11 rings (SSSR count). The highest BCUT2D eigenvalue weighted by molar-refractivity contribution is 5.28. The Kier molecular flexibility index (Phi) is 23.6.